The standard InChI is InChI=1S/C16H17F3N6/c1-10-11(2)21-22-15(13(10)8-20)24-6-3-4-12(9-24)25-7-5-14(23-25)16(17,18)19/h5,7,12H,3-4,6,9H2,1-2H3. The molecule has 1 atom stereocenters. The van der Waals surface area contributed by atoms with E-state index in [1.807, 2.05) is 11.8 Å². The lowest BCUT2D eigenvalue weighted by Gasteiger charge is -2.34. The van der Waals surface area contributed by atoms with Gasteiger partial charge in [0.1, 0.15) is 11.6 Å². The van der Waals surface area contributed by atoms with Crippen molar-refractivity contribution in [3.05, 3.63) is 34.8 Å². The van der Waals surface area contributed by atoms with Crippen molar-refractivity contribution in [2.45, 2.75) is 38.9 Å². The highest BCUT2D eigenvalue weighted by molar-refractivity contribution is 5.57. The lowest BCUT2D eigenvalue weighted by Crippen LogP contribution is -2.38. The van der Waals surface area contributed by atoms with Crippen LogP contribution in [-0.2, 0) is 6.18 Å². The Bertz CT molecular complexity index is 820. The molecule has 1 saturated heterocycles. The SMILES string of the molecule is Cc1nnc(N2CCCC(n3ccc(C(F)(F)F)n3)C2)c(C#N)c1C. The number of rotatable bonds is 2. The van der Waals surface area contributed by atoms with Crippen molar-refractivity contribution in [2.24, 2.45) is 0 Å². The summed E-state index contributed by atoms with van der Waals surface area (Å²) in [7, 11) is 0. The Labute approximate surface area is 142 Å². The molecule has 3 heterocycles. The van der Waals surface area contributed by atoms with Crippen molar-refractivity contribution in [2.75, 3.05) is 18.0 Å². The van der Waals surface area contributed by atoms with Gasteiger partial charge in [0.15, 0.2) is 11.5 Å². The van der Waals surface area contributed by atoms with Gasteiger partial charge in [-0.2, -0.15) is 28.6 Å². The Morgan fingerprint density at radius 3 is 2.68 bits per heavy atom. The lowest BCUT2D eigenvalue weighted by molar-refractivity contribution is -0.141. The Morgan fingerprint density at radius 1 is 1.28 bits per heavy atom. The molecule has 1 aliphatic rings. The lowest BCUT2D eigenvalue weighted by atomic mass is 10.0. The number of halogens is 3. The highest BCUT2D eigenvalue weighted by Gasteiger charge is 2.35. The molecule has 0 amide bonds. The highest BCUT2D eigenvalue weighted by Crippen LogP contribution is 2.31. The zero-order valence-corrected chi connectivity index (χ0v) is 13.9. The van der Waals surface area contributed by atoms with Crippen LogP contribution >= 0.6 is 0 Å². The molecule has 1 unspecified atom stereocenters. The second-order valence-corrected chi connectivity index (χ2v) is 6.14. The van der Waals surface area contributed by atoms with Crippen LogP contribution in [0.5, 0.6) is 0 Å². The number of aryl methyl sites for hydroxylation is 1. The summed E-state index contributed by atoms with van der Waals surface area (Å²) >= 11 is 0. The quantitative estimate of drug-likeness (QED) is 0.833. The number of aromatic nitrogens is 4. The van der Waals surface area contributed by atoms with Crippen molar-refractivity contribution in [3.8, 4) is 6.07 Å². The van der Waals surface area contributed by atoms with Gasteiger partial charge in [0.2, 0.25) is 0 Å². The van der Waals surface area contributed by atoms with E-state index < -0.39 is 11.9 Å². The van der Waals surface area contributed by atoms with Gasteiger partial charge in [-0.1, -0.05) is 0 Å². The topological polar surface area (TPSA) is 70.6 Å². The molecular weight excluding hydrogens is 333 g/mol. The average molecular weight is 350 g/mol. The first-order valence-electron chi connectivity index (χ1n) is 7.92. The molecule has 9 heteroatoms. The second kappa shape index (κ2) is 6.35. The smallest absolute Gasteiger partial charge is 0.352 e. The zero-order chi connectivity index (χ0) is 18.2. The molecule has 0 spiro atoms. The molecule has 3 rings (SSSR count). The Balaban J connectivity index is 1.86. The van der Waals surface area contributed by atoms with Gasteiger partial charge in [0.25, 0.3) is 0 Å². The van der Waals surface area contributed by atoms with Crippen LogP contribution in [0.15, 0.2) is 12.3 Å². The molecule has 0 aromatic carbocycles. The predicted molar refractivity (Wildman–Crippen MR) is 83.9 cm³/mol. The second-order valence-electron chi connectivity index (χ2n) is 6.14. The van der Waals surface area contributed by atoms with E-state index in [0.717, 1.165) is 24.5 Å². The largest absolute Gasteiger partial charge is 0.435 e. The molecule has 1 aliphatic heterocycles. The minimum absolute atomic E-state index is 0.209. The number of alkyl halides is 3. The van der Waals surface area contributed by atoms with E-state index >= 15 is 0 Å². The number of anilines is 1. The van der Waals surface area contributed by atoms with Gasteiger partial charge in [-0.3, -0.25) is 4.68 Å². The molecule has 0 bridgehead atoms. The van der Waals surface area contributed by atoms with E-state index in [0.29, 0.717) is 30.2 Å². The van der Waals surface area contributed by atoms with Crippen LogP contribution in [0.1, 0.15) is 41.4 Å². The van der Waals surface area contributed by atoms with Crippen LogP contribution in [-0.4, -0.2) is 33.1 Å². The highest BCUT2D eigenvalue weighted by atomic mass is 19.4. The van der Waals surface area contributed by atoms with E-state index in [2.05, 4.69) is 21.4 Å². The maximum Gasteiger partial charge on any atom is 0.435 e. The van der Waals surface area contributed by atoms with Crippen LogP contribution in [0.2, 0.25) is 0 Å². The van der Waals surface area contributed by atoms with E-state index in [1.54, 1.807) is 6.92 Å². The molecule has 6 nitrogen and oxygen atoms in total. The summed E-state index contributed by atoms with van der Waals surface area (Å²) in [6.07, 6.45) is -1.61. The van der Waals surface area contributed by atoms with Crippen LogP contribution in [0.4, 0.5) is 19.0 Å². The third kappa shape index (κ3) is 3.29. The summed E-state index contributed by atoms with van der Waals surface area (Å²) in [6.45, 7) is 4.71. The third-order valence-electron chi connectivity index (χ3n) is 4.52. The molecule has 0 saturated carbocycles. The van der Waals surface area contributed by atoms with E-state index in [1.165, 1.54) is 10.9 Å². The van der Waals surface area contributed by atoms with Gasteiger partial charge in [-0.25, -0.2) is 0 Å². The fourth-order valence-electron chi connectivity index (χ4n) is 3.01. The van der Waals surface area contributed by atoms with Crippen molar-refractivity contribution in [1.82, 2.24) is 20.0 Å². The average Bonchev–Trinajstić information content (AvgIpc) is 3.08. The van der Waals surface area contributed by atoms with Gasteiger partial charge in [-0.15, -0.1) is 5.10 Å². The predicted octanol–water partition coefficient (Wildman–Crippen LogP) is 3.02. The van der Waals surface area contributed by atoms with Gasteiger partial charge in [0, 0.05) is 19.3 Å². The molecule has 0 aliphatic carbocycles. The van der Waals surface area contributed by atoms with Crippen LogP contribution < -0.4 is 4.90 Å². The molecule has 0 N–H and O–H groups in total. The molecule has 0 radical (unpaired) electrons. The Hall–Kier alpha value is -2.63. The summed E-state index contributed by atoms with van der Waals surface area (Å²) in [5.74, 6) is 0.485. The van der Waals surface area contributed by atoms with Gasteiger partial charge >= 0.3 is 6.18 Å². The molecule has 25 heavy (non-hydrogen) atoms. The third-order valence-corrected chi connectivity index (χ3v) is 4.52. The van der Waals surface area contributed by atoms with Crippen molar-refractivity contribution in [3.63, 3.8) is 0 Å². The summed E-state index contributed by atoms with van der Waals surface area (Å²) in [4.78, 5) is 1.90. The number of piperidine rings is 1. The maximum absolute atomic E-state index is 12.8. The molecule has 132 valence electrons. The van der Waals surface area contributed by atoms with Crippen molar-refractivity contribution < 1.29 is 13.2 Å². The summed E-state index contributed by atoms with van der Waals surface area (Å²) in [5.41, 5.74) is 1.03. The molecule has 2 aromatic heterocycles. The number of nitriles is 1. The summed E-state index contributed by atoms with van der Waals surface area (Å²) in [5, 5.41) is 21.3. The molecule has 2 aromatic rings. The maximum atomic E-state index is 12.8. The minimum atomic E-state index is -4.45. The van der Waals surface area contributed by atoms with E-state index in [4.69, 9.17) is 0 Å². The fraction of sp³-hybridized carbons (Fsp3) is 0.500. The number of hydrogen-bond acceptors (Lipinski definition) is 5. The van der Waals surface area contributed by atoms with Gasteiger partial charge in [-0.05, 0) is 38.3 Å². The van der Waals surface area contributed by atoms with Crippen molar-refractivity contribution in [1.29, 1.82) is 5.26 Å². The van der Waals surface area contributed by atoms with Gasteiger partial charge < -0.3 is 4.90 Å². The summed E-state index contributed by atoms with van der Waals surface area (Å²) < 4.78 is 39.6. The van der Waals surface area contributed by atoms with E-state index in [-0.39, 0.29) is 6.04 Å². The van der Waals surface area contributed by atoms with E-state index in [9.17, 15) is 18.4 Å². The Morgan fingerprint density at radius 2 is 2.04 bits per heavy atom. The van der Waals surface area contributed by atoms with Crippen LogP contribution in [0, 0.1) is 25.2 Å². The van der Waals surface area contributed by atoms with Gasteiger partial charge in [0.05, 0.1) is 11.7 Å². The molecule has 1 fully saturated rings. The zero-order valence-electron chi connectivity index (χ0n) is 13.9. The first kappa shape index (κ1) is 17.2. The minimum Gasteiger partial charge on any atom is -0.352 e. The monoisotopic (exact) mass is 350 g/mol. The normalized spacial score (nSPS) is 18.2. The first-order valence-corrected chi connectivity index (χ1v) is 7.92. The van der Waals surface area contributed by atoms with Crippen LogP contribution in [0.3, 0.4) is 0 Å². The number of nitrogens with zero attached hydrogens (tertiary/aromatic N) is 6. The van der Waals surface area contributed by atoms with Crippen molar-refractivity contribution >= 4 is 5.82 Å². The Kier molecular flexibility index (Phi) is 4.37. The van der Waals surface area contributed by atoms with Crippen LogP contribution in [0.25, 0.3) is 0 Å². The summed E-state index contributed by atoms with van der Waals surface area (Å²) in [6, 6.07) is 2.94. The fourth-order valence-corrected chi connectivity index (χ4v) is 3.01. The molecular formula is C16H17F3N6. The first-order chi connectivity index (χ1) is 11.8. The number of hydrogen-bond donors (Lipinski definition) is 0.